The van der Waals surface area contributed by atoms with E-state index in [4.69, 9.17) is 9.16 Å². The van der Waals surface area contributed by atoms with E-state index < -0.39 is 8.32 Å². The second-order valence-electron chi connectivity index (χ2n) is 16.2. The second-order valence-corrected chi connectivity index (χ2v) is 20.9. The number of phenols is 1. The van der Waals surface area contributed by atoms with Crippen molar-refractivity contribution in [1.29, 1.82) is 0 Å². The molecule has 1 saturated carbocycles. The van der Waals surface area contributed by atoms with Crippen LogP contribution < -0.4 is 20.7 Å². The highest BCUT2D eigenvalue weighted by molar-refractivity contribution is 6.74. The molecular formula is C39H59N5O6Si. The number of nitrogens with one attached hydrogen (secondary N) is 3. The van der Waals surface area contributed by atoms with Crippen LogP contribution >= 0.6 is 0 Å². The molecule has 0 bridgehead atoms. The Labute approximate surface area is 305 Å². The van der Waals surface area contributed by atoms with Crippen LogP contribution in [-0.4, -0.2) is 87.3 Å². The van der Waals surface area contributed by atoms with Crippen LogP contribution in [0.25, 0.3) is 0 Å². The SMILES string of the molecule is CN(CCCCC(=O)Nc1ccc(CNC[C@H](O[Si](C)(C)C(C)(C)C)c2ccc(O)c3c2OCC(=O)N3)cc1)C(=O)CCN1CC2CCCC2C1. The molecule has 2 aromatic rings. The van der Waals surface area contributed by atoms with Crippen LogP contribution in [0.5, 0.6) is 11.5 Å². The number of nitrogens with zero attached hydrogens (tertiary/aromatic N) is 2. The van der Waals surface area contributed by atoms with E-state index in [0.717, 1.165) is 61.1 Å². The standard InChI is InChI=1S/C39H59N5O6Si/c1-39(2,3)51(5,6)50-33(31-17-18-32(45)37-38(31)49-26-35(47)42-37)23-40-22-27-13-15-30(16-14-27)41-34(46)12-7-8-20-43(4)36(48)19-21-44-24-28-10-9-11-29(28)25-44/h13-18,28-29,33,40,45H,7-12,19-26H2,1-6H3,(H,41,46)(H,42,47)/t28?,29?,33-/m0/s1. The third-order valence-electron chi connectivity index (χ3n) is 11.3. The fourth-order valence-electron chi connectivity index (χ4n) is 7.17. The van der Waals surface area contributed by atoms with Crippen LogP contribution in [-0.2, 0) is 25.4 Å². The number of carbonyl (C=O) groups is 3. The number of phenolic OH excluding ortho intramolecular Hbond substituents is 1. The normalized spacial score (nSPS) is 19.5. The number of anilines is 2. The summed E-state index contributed by atoms with van der Waals surface area (Å²) < 4.78 is 12.7. The van der Waals surface area contributed by atoms with Gasteiger partial charge in [0.05, 0.1) is 6.10 Å². The lowest BCUT2D eigenvalue weighted by molar-refractivity contribution is -0.130. The van der Waals surface area contributed by atoms with Gasteiger partial charge in [0.1, 0.15) is 11.4 Å². The van der Waals surface area contributed by atoms with Gasteiger partial charge in [-0.05, 0) is 85.5 Å². The summed E-state index contributed by atoms with van der Waals surface area (Å²) in [5.74, 6) is 1.94. The molecule has 5 rings (SSSR count). The Kier molecular flexibility index (Phi) is 12.9. The van der Waals surface area contributed by atoms with E-state index in [0.29, 0.717) is 38.2 Å². The van der Waals surface area contributed by atoms with Crippen LogP contribution in [0.3, 0.4) is 0 Å². The summed E-state index contributed by atoms with van der Waals surface area (Å²) in [7, 11) is -0.345. The van der Waals surface area contributed by atoms with Gasteiger partial charge in [-0.1, -0.05) is 39.3 Å². The number of hydrogen-bond acceptors (Lipinski definition) is 8. The topological polar surface area (TPSA) is 132 Å². The number of benzene rings is 2. The summed E-state index contributed by atoms with van der Waals surface area (Å²) >= 11 is 0. The molecule has 12 heteroatoms. The zero-order valence-corrected chi connectivity index (χ0v) is 32.5. The Morgan fingerprint density at radius 2 is 1.78 bits per heavy atom. The first-order valence-corrected chi connectivity index (χ1v) is 21.6. The highest BCUT2D eigenvalue weighted by atomic mass is 28.4. The summed E-state index contributed by atoms with van der Waals surface area (Å²) in [5.41, 5.74) is 2.85. The van der Waals surface area contributed by atoms with Crippen molar-refractivity contribution < 1.29 is 28.7 Å². The number of unbranched alkanes of at least 4 members (excludes halogenated alkanes) is 1. The predicted molar refractivity (Wildman–Crippen MR) is 203 cm³/mol. The van der Waals surface area contributed by atoms with Crippen molar-refractivity contribution in [3.8, 4) is 11.5 Å². The molecule has 4 N–H and O–H groups in total. The molecule has 0 radical (unpaired) electrons. The highest BCUT2D eigenvalue weighted by Crippen LogP contribution is 2.45. The lowest BCUT2D eigenvalue weighted by Gasteiger charge is -2.40. The molecule has 280 valence electrons. The first-order valence-electron chi connectivity index (χ1n) is 18.7. The fraction of sp³-hybridized carbons (Fsp3) is 0.615. The Balaban J connectivity index is 1.05. The number of aromatic hydroxyl groups is 1. The number of carbonyl (C=O) groups excluding carboxylic acids is 3. The minimum atomic E-state index is -2.22. The summed E-state index contributed by atoms with van der Waals surface area (Å²) in [6.45, 7) is 15.7. The van der Waals surface area contributed by atoms with Gasteiger partial charge in [0.15, 0.2) is 20.7 Å². The van der Waals surface area contributed by atoms with E-state index in [9.17, 15) is 19.5 Å². The molecule has 3 amide bonds. The van der Waals surface area contributed by atoms with Crippen LogP contribution in [0.15, 0.2) is 36.4 Å². The molecule has 2 fully saturated rings. The van der Waals surface area contributed by atoms with Crippen molar-refractivity contribution in [2.24, 2.45) is 11.8 Å². The van der Waals surface area contributed by atoms with Gasteiger partial charge < -0.3 is 40.0 Å². The summed E-state index contributed by atoms with van der Waals surface area (Å²) in [4.78, 5) is 41.6. The van der Waals surface area contributed by atoms with E-state index in [2.05, 4.69) is 54.7 Å². The molecule has 11 nitrogen and oxygen atoms in total. The first-order chi connectivity index (χ1) is 24.2. The van der Waals surface area contributed by atoms with Gasteiger partial charge in [-0.3, -0.25) is 14.4 Å². The van der Waals surface area contributed by atoms with Gasteiger partial charge in [0.25, 0.3) is 5.91 Å². The maximum Gasteiger partial charge on any atom is 0.262 e. The van der Waals surface area contributed by atoms with Gasteiger partial charge in [0.2, 0.25) is 11.8 Å². The van der Waals surface area contributed by atoms with Crippen molar-refractivity contribution in [1.82, 2.24) is 15.1 Å². The van der Waals surface area contributed by atoms with Gasteiger partial charge in [-0.2, -0.15) is 0 Å². The van der Waals surface area contributed by atoms with Crippen LogP contribution in [0.2, 0.25) is 18.1 Å². The average molecular weight is 722 g/mol. The molecule has 51 heavy (non-hydrogen) atoms. The summed E-state index contributed by atoms with van der Waals surface area (Å²) in [6, 6.07) is 11.2. The lowest BCUT2D eigenvalue weighted by Crippen LogP contribution is -2.43. The van der Waals surface area contributed by atoms with Crippen molar-refractivity contribution in [3.05, 3.63) is 47.5 Å². The van der Waals surface area contributed by atoms with Crippen molar-refractivity contribution in [2.45, 2.75) is 96.5 Å². The van der Waals surface area contributed by atoms with Crippen LogP contribution in [0, 0.1) is 11.8 Å². The van der Waals surface area contributed by atoms with E-state index >= 15 is 0 Å². The second kappa shape index (κ2) is 16.9. The molecule has 2 aromatic carbocycles. The molecule has 2 unspecified atom stereocenters. The maximum absolute atomic E-state index is 12.7. The Morgan fingerprint density at radius 1 is 1.08 bits per heavy atom. The lowest BCUT2D eigenvalue weighted by atomic mass is 10.0. The molecule has 3 atom stereocenters. The monoisotopic (exact) mass is 721 g/mol. The molecule has 0 aromatic heterocycles. The molecular weight excluding hydrogens is 663 g/mol. The number of fused-ring (bicyclic) bond motifs is 2. The zero-order chi connectivity index (χ0) is 36.8. The van der Waals surface area contributed by atoms with E-state index in [1.54, 1.807) is 12.1 Å². The van der Waals surface area contributed by atoms with Crippen molar-refractivity contribution in [2.75, 3.05) is 57.0 Å². The minimum absolute atomic E-state index is 0.0286. The number of hydrogen-bond donors (Lipinski definition) is 4. The predicted octanol–water partition coefficient (Wildman–Crippen LogP) is 6.27. The minimum Gasteiger partial charge on any atom is -0.506 e. The molecule has 1 aliphatic carbocycles. The third kappa shape index (κ3) is 10.3. The van der Waals surface area contributed by atoms with E-state index in [1.165, 1.54) is 19.3 Å². The van der Waals surface area contributed by atoms with Crippen LogP contribution in [0.4, 0.5) is 11.4 Å². The maximum atomic E-state index is 12.7. The molecule has 1 saturated heterocycles. The quantitative estimate of drug-likeness (QED) is 0.0907. The average Bonchev–Trinajstić information content (AvgIpc) is 3.68. The Morgan fingerprint density at radius 3 is 2.47 bits per heavy atom. The van der Waals surface area contributed by atoms with Gasteiger partial charge in [-0.15, -0.1) is 0 Å². The number of rotatable bonds is 16. The molecule has 0 spiro atoms. The zero-order valence-electron chi connectivity index (χ0n) is 31.5. The van der Waals surface area contributed by atoms with Crippen molar-refractivity contribution in [3.63, 3.8) is 0 Å². The van der Waals surface area contributed by atoms with E-state index in [-0.39, 0.29) is 46.9 Å². The van der Waals surface area contributed by atoms with Gasteiger partial charge in [-0.25, -0.2) is 0 Å². The largest absolute Gasteiger partial charge is 0.506 e. The number of ether oxygens (including phenoxy) is 1. The first kappa shape index (κ1) is 38.8. The number of amides is 3. The summed E-state index contributed by atoms with van der Waals surface area (Å²) in [5, 5.41) is 19.6. The van der Waals surface area contributed by atoms with Gasteiger partial charge in [0, 0.05) is 70.4 Å². The molecule has 3 aliphatic rings. The highest BCUT2D eigenvalue weighted by Gasteiger charge is 2.41. The Hall–Kier alpha value is -3.45. The Bertz CT molecular complexity index is 1520. The van der Waals surface area contributed by atoms with E-state index in [1.807, 2.05) is 36.2 Å². The van der Waals surface area contributed by atoms with Crippen LogP contribution in [0.1, 0.15) is 82.9 Å². The van der Waals surface area contributed by atoms with Gasteiger partial charge >= 0.3 is 0 Å². The van der Waals surface area contributed by atoms with Crippen molar-refractivity contribution >= 4 is 37.4 Å². The third-order valence-corrected chi connectivity index (χ3v) is 15.8. The fourth-order valence-corrected chi connectivity index (χ4v) is 8.45. The molecule has 2 heterocycles. The number of likely N-dealkylation sites (tertiary alicyclic amines) is 1. The molecule has 2 aliphatic heterocycles. The summed E-state index contributed by atoms with van der Waals surface area (Å²) in [6.07, 6.45) is 6.20. The smallest absolute Gasteiger partial charge is 0.262 e.